The van der Waals surface area contributed by atoms with Gasteiger partial charge < -0.3 is 14.9 Å². The summed E-state index contributed by atoms with van der Waals surface area (Å²) < 4.78 is 39.3. The summed E-state index contributed by atoms with van der Waals surface area (Å²) in [6.45, 7) is 2.56. The standard InChI is InChI=1S/C32H37F3N6O2/c33-32(34,35)26-5-11-38-29(18-26)40-15-7-24(8-16-40)30(42)41-14-6-23(21-41)17-22-3-9-31(43,10-4-22)28-2-1-25(19-39-28)27-20-36-12-13-37-27/h1-2,5,11-13,18-20,22-24,43H,3-4,6-10,14-17,21H2/t22?,23-,31?/m1/s1. The number of rotatable bonds is 6. The Morgan fingerprint density at radius 2 is 1.70 bits per heavy atom. The summed E-state index contributed by atoms with van der Waals surface area (Å²) in [6, 6.07) is 5.90. The molecule has 3 aromatic rings. The van der Waals surface area contributed by atoms with E-state index in [-0.39, 0.29) is 11.8 Å². The smallest absolute Gasteiger partial charge is 0.384 e. The molecule has 2 saturated heterocycles. The van der Waals surface area contributed by atoms with Gasteiger partial charge in [-0.15, -0.1) is 0 Å². The highest BCUT2D eigenvalue weighted by molar-refractivity contribution is 5.79. The lowest BCUT2D eigenvalue weighted by Gasteiger charge is -2.36. The van der Waals surface area contributed by atoms with Crippen LogP contribution in [-0.2, 0) is 16.6 Å². The Morgan fingerprint density at radius 3 is 2.37 bits per heavy atom. The molecule has 1 atom stereocenters. The maximum absolute atomic E-state index is 13.3. The molecule has 11 heteroatoms. The molecule has 6 rings (SSSR count). The Kier molecular flexibility index (Phi) is 8.35. The maximum atomic E-state index is 13.3. The van der Waals surface area contributed by atoms with Crippen LogP contribution in [0.25, 0.3) is 11.3 Å². The summed E-state index contributed by atoms with van der Waals surface area (Å²) >= 11 is 0. The number of hydrogen-bond acceptors (Lipinski definition) is 7. The van der Waals surface area contributed by atoms with Crippen molar-refractivity contribution >= 4 is 11.7 Å². The molecule has 228 valence electrons. The van der Waals surface area contributed by atoms with E-state index in [9.17, 15) is 23.1 Å². The number of nitrogens with zero attached hydrogens (tertiary/aromatic N) is 6. The number of hydrogen-bond donors (Lipinski definition) is 1. The van der Waals surface area contributed by atoms with Crippen LogP contribution in [-0.4, -0.2) is 62.0 Å². The van der Waals surface area contributed by atoms with Crippen LogP contribution in [0.3, 0.4) is 0 Å². The zero-order valence-corrected chi connectivity index (χ0v) is 24.1. The zero-order valence-electron chi connectivity index (χ0n) is 24.1. The molecule has 43 heavy (non-hydrogen) atoms. The number of piperidine rings is 1. The van der Waals surface area contributed by atoms with Gasteiger partial charge in [-0.05, 0) is 87.5 Å². The van der Waals surface area contributed by atoms with Crippen LogP contribution in [0.5, 0.6) is 0 Å². The van der Waals surface area contributed by atoms with Crippen molar-refractivity contribution in [3.63, 3.8) is 0 Å². The van der Waals surface area contributed by atoms with Crippen LogP contribution < -0.4 is 4.90 Å². The fraction of sp³-hybridized carbons (Fsp3) is 0.531. The van der Waals surface area contributed by atoms with Crippen molar-refractivity contribution in [3.05, 3.63) is 66.5 Å². The van der Waals surface area contributed by atoms with Gasteiger partial charge in [0.15, 0.2) is 0 Å². The van der Waals surface area contributed by atoms with Gasteiger partial charge in [0.25, 0.3) is 0 Å². The molecule has 3 fully saturated rings. The molecular weight excluding hydrogens is 557 g/mol. The van der Waals surface area contributed by atoms with Gasteiger partial charge >= 0.3 is 6.18 Å². The van der Waals surface area contributed by atoms with E-state index in [0.29, 0.717) is 62.1 Å². The summed E-state index contributed by atoms with van der Waals surface area (Å²) in [4.78, 5) is 34.3. The summed E-state index contributed by atoms with van der Waals surface area (Å²) in [5.41, 5.74) is 0.692. The lowest BCUT2D eigenvalue weighted by atomic mass is 9.74. The van der Waals surface area contributed by atoms with Crippen LogP contribution in [0, 0.1) is 17.8 Å². The van der Waals surface area contributed by atoms with Crippen LogP contribution in [0.15, 0.2) is 55.2 Å². The second-order valence-corrected chi connectivity index (χ2v) is 12.3. The molecule has 0 unspecified atom stereocenters. The molecule has 1 saturated carbocycles. The lowest BCUT2D eigenvalue weighted by Crippen LogP contribution is -2.42. The van der Waals surface area contributed by atoms with E-state index in [4.69, 9.17) is 0 Å². The number of carbonyl (C=O) groups excluding carboxylic acids is 1. The molecule has 0 radical (unpaired) electrons. The molecule has 2 aliphatic heterocycles. The summed E-state index contributed by atoms with van der Waals surface area (Å²) in [5.74, 6) is 1.36. The van der Waals surface area contributed by atoms with E-state index in [1.54, 1.807) is 24.8 Å². The van der Waals surface area contributed by atoms with Crippen LogP contribution >= 0.6 is 0 Å². The predicted molar refractivity (Wildman–Crippen MR) is 155 cm³/mol. The van der Waals surface area contributed by atoms with E-state index < -0.39 is 17.3 Å². The molecule has 1 amide bonds. The van der Waals surface area contributed by atoms with Gasteiger partial charge in [-0.25, -0.2) is 4.98 Å². The number of carbonyl (C=O) groups is 1. The molecular formula is C32H37F3N6O2. The number of anilines is 1. The van der Waals surface area contributed by atoms with Crippen molar-refractivity contribution in [3.8, 4) is 11.3 Å². The molecule has 3 aliphatic rings. The molecule has 0 bridgehead atoms. The molecule has 0 spiro atoms. The predicted octanol–water partition coefficient (Wildman–Crippen LogP) is 5.49. The number of pyridine rings is 2. The van der Waals surface area contributed by atoms with Gasteiger partial charge in [0.05, 0.1) is 23.1 Å². The SMILES string of the molecule is O=C(C1CCN(c2cc(C(F)(F)F)ccn2)CC1)N1CC[C@H](CC2CCC(O)(c3ccc(-c4cnccn4)cn3)CC2)C1. The third kappa shape index (κ3) is 6.66. The van der Waals surface area contributed by atoms with E-state index >= 15 is 0 Å². The van der Waals surface area contributed by atoms with Crippen LogP contribution in [0.4, 0.5) is 19.0 Å². The Balaban J connectivity index is 0.955. The highest BCUT2D eigenvalue weighted by atomic mass is 19.4. The Bertz CT molecular complexity index is 1390. The largest absolute Gasteiger partial charge is 0.416 e. The molecule has 8 nitrogen and oxygen atoms in total. The van der Waals surface area contributed by atoms with E-state index in [2.05, 4.69) is 19.9 Å². The van der Waals surface area contributed by atoms with Gasteiger partial charge in [0.2, 0.25) is 5.91 Å². The molecule has 3 aromatic heterocycles. The quantitative estimate of drug-likeness (QED) is 0.404. The molecule has 5 heterocycles. The first-order chi connectivity index (χ1) is 20.7. The Labute approximate surface area is 249 Å². The average Bonchev–Trinajstić information content (AvgIpc) is 3.51. The van der Waals surface area contributed by atoms with Gasteiger partial charge in [-0.1, -0.05) is 0 Å². The number of halogens is 3. The summed E-state index contributed by atoms with van der Waals surface area (Å²) in [7, 11) is 0. The second kappa shape index (κ2) is 12.2. The topological polar surface area (TPSA) is 95.3 Å². The van der Waals surface area contributed by atoms with Crippen molar-refractivity contribution in [2.24, 2.45) is 17.8 Å². The monoisotopic (exact) mass is 594 g/mol. The second-order valence-electron chi connectivity index (χ2n) is 12.3. The Hall–Kier alpha value is -3.60. The van der Waals surface area contributed by atoms with Crippen LogP contribution in [0.2, 0.25) is 0 Å². The van der Waals surface area contributed by atoms with Gasteiger partial charge in [-0.3, -0.25) is 19.7 Å². The highest BCUT2D eigenvalue weighted by Crippen LogP contribution is 2.42. The maximum Gasteiger partial charge on any atom is 0.416 e. The highest BCUT2D eigenvalue weighted by Gasteiger charge is 2.39. The third-order valence-corrected chi connectivity index (χ3v) is 9.54. The van der Waals surface area contributed by atoms with Crippen LogP contribution in [0.1, 0.15) is 62.6 Å². The fourth-order valence-electron chi connectivity index (χ4n) is 6.99. The first-order valence-electron chi connectivity index (χ1n) is 15.2. The van der Waals surface area contributed by atoms with E-state index in [1.807, 2.05) is 21.9 Å². The van der Waals surface area contributed by atoms with Gasteiger partial charge in [-0.2, -0.15) is 13.2 Å². The summed E-state index contributed by atoms with van der Waals surface area (Å²) in [6.07, 6.45) is 9.99. The minimum atomic E-state index is -4.40. The minimum Gasteiger partial charge on any atom is -0.384 e. The minimum absolute atomic E-state index is 0.0988. The van der Waals surface area contributed by atoms with Gasteiger partial charge in [0, 0.05) is 62.4 Å². The number of alkyl halides is 3. The number of amides is 1. The van der Waals surface area contributed by atoms with Crippen molar-refractivity contribution in [2.45, 2.75) is 63.1 Å². The molecule has 1 N–H and O–H groups in total. The van der Waals surface area contributed by atoms with Crippen molar-refractivity contribution in [2.75, 3.05) is 31.1 Å². The number of likely N-dealkylation sites (tertiary alicyclic amines) is 1. The van der Waals surface area contributed by atoms with E-state index in [0.717, 1.165) is 62.2 Å². The molecule has 0 aromatic carbocycles. The zero-order chi connectivity index (χ0) is 30.0. The van der Waals surface area contributed by atoms with Crippen molar-refractivity contribution in [1.82, 2.24) is 24.8 Å². The van der Waals surface area contributed by atoms with Crippen molar-refractivity contribution < 1.29 is 23.1 Å². The lowest BCUT2D eigenvalue weighted by molar-refractivity contribution is -0.137. The van der Waals surface area contributed by atoms with Crippen molar-refractivity contribution in [1.29, 1.82) is 0 Å². The first kappa shape index (κ1) is 29.5. The third-order valence-electron chi connectivity index (χ3n) is 9.54. The van der Waals surface area contributed by atoms with E-state index in [1.165, 1.54) is 6.20 Å². The Morgan fingerprint density at radius 1 is 0.907 bits per heavy atom. The average molecular weight is 595 g/mol. The first-order valence-corrected chi connectivity index (χ1v) is 15.2. The molecule has 1 aliphatic carbocycles. The number of aromatic nitrogens is 4. The normalized spacial score (nSPS) is 25.2. The number of aliphatic hydroxyl groups is 1. The fourth-order valence-corrected chi connectivity index (χ4v) is 6.99. The van der Waals surface area contributed by atoms with Gasteiger partial charge in [0.1, 0.15) is 11.4 Å². The summed E-state index contributed by atoms with van der Waals surface area (Å²) in [5, 5.41) is 11.4.